The van der Waals surface area contributed by atoms with Crippen molar-refractivity contribution in [2.24, 2.45) is 0 Å². The Bertz CT molecular complexity index is 576. The van der Waals surface area contributed by atoms with Crippen molar-refractivity contribution < 1.29 is 19.7 Å². The summed E-state index contributed by atoms with van der Waals surface area (Å²) in [5, 5.41) is 22.5. The smallest absolute Gasteiger partial charge is 0.317 e. The number of benzene rings is 1. The van der Waals surface area contributed by atoms with Gasteiger partial charge in [-0.05, 0) is 44.0 Å². The van der Waals surface area contributed by atoms with Crippen LogP contribution < -0.4 is 10.1 Å². The second-order valence-corrected chi connectivity index (χ2v) is 6.42. The van der Waals surface area contributed by atoms with Gasteiger partial charge in [0.1, 0.15) is 0 Å². The molecule has 6 nitrogen and oxygen atoms in total. The van der Waals surface area contributed by atoms with Gasteiger partial charge >= 0.3 is 5.97 Å². The molecule has 0 unspecified atom stereocenters. The average molecular weight is 357 g/mol. The lowest BCUT2D eigenvalue weighted by atomic mass is 9.85. The molecule has 134 valence electrons. The van der Waals surface area contributed by atoms with E-state index < -0.39 is 5.97 Å². The second-order valence-electron chi connectivity index (χ2n) is 6.02. The van der Waals surface area contributed by atoms with Crippen molar-refractivity contribution in [2.75, 3.05) is 19.7 Å². The van der Waals surface area contributed by atoms with Crippen molar-refractivity contribution in [3.63, 3.8) is 0 Å². The first-order valence-electron chi connectivity index (χ1n) is 8.28. The molecule has 1 aliphatic rings. The fraction of sp³-hybridized carbons (Fsp3) is 0.588. The van der Waals surface area contributed by atoms with Gasteiger partial charge in [-0.25, -0.2) is 0 Å². The number of nitrogens with zero attached hydrogens (tertiary/aromatic N) is 1. The highest BCUT2D eigenvalue weighted by Gasteiger charge is 2.33. The molecule has 24 heavy (non-hydrogen) atoms. The molecule has 1 aromatic rings. The maximum absolute atomic E-state index is 10.8. The largest absolute Gasteiger partial charge is 0.503 e. The Morgan fingerprint density at radius 1 is 1.42 bits per heavy atom. The van der Waals surface area contributed by atoms with Crippen molar-refractivity contribution in [1.29, 1.82) is 0 Å². The third-order valence-electron chi connectivity index (χ3n) is 4.36. The Hall–Kier alpha value is -1.50. The van der Waals surface area contributed by atoms with Crippen molar-refractivity contribution in [3.05, 3.63) is 22.7 Å². The molecular weight excluding hydrogens is 332 g/mol. The summed E-state index contributed by atoms with van der Waals surface area (Å²) >= 11 is 6.03. The zero-order valence-corrected chi connectivity index (χ0v) is 14.8. The highest BCUT2D eigenvalue weighted by Crippen LogP contribution is 2.35. The van der Waals surface area contributed by atoms with E-state index in [4.69, 9.17) is 21.4 Å². The van der Waals surface area contributed by atoms with Gasteiger partial charge in [0.15, 0.2) is 11.5 Å². The number of ether oxygens (including phenoxy) is 1. The Morgan fingerprint density at radius 2 is 2.12 bits per heavy atom. The van der Waals surface area contributed by atoms with Gasteiger partial charge in [-0.2, -0.15) is 0 Å². The molecule has 1 fully saturated rings. The Kier molecular flexibility index (Phi) is 6.71. The quantitative estimate of drug-likeness (QED) is 0.630. The Balaban J connectivity index is 1.84. The van der Waals surface area contributed by atoms with Crippen LogP contribution in [0.25, 0.3) is 0 Å². The highest BCUT2D eigenvalue weighted by atomic mass is 35.5. The molecule has 7 heteroatoms. The fourth-order valence-corrected chi connectivity index (χ4v) is 3.22. The third kappa shape index (κ3) is 4.75. The lowest BCUT2D eigenvalue weighted by Crippen LogP contribution is -2.53. The van der Waals surface area contributed by atoms with Crippen LogP contribution in [-0.2, 0) is 11.3 Å². The molecule has 0 aromatic heterocycles. The number of hydrogen-bond donors (Lipinski definition) is 3. The van der Waals surface area contributed by atoms with Crippen LogP contribution in [0.4, 0.5) is 0 Å². The van der Waals surface area contributed by atoms with Crippen LogP contribution in [0.5, 0.6) is 11.5 Å². The summed E-state index contributed by atoms with van der Waals surface area (Å²) in [5.41, 5.74) is 0.947. The van der Waals surface area contributed by atoms with Gasteiger partial charge in [-0.15, -0.1) is 0 Å². The molecule has 0 radical (unpaired) electrons. The third-order valence-corrected chi connectivity index (χ3v) is 4.65. The molecule has 1 saturated carbocycles. The number of nitrogens with one attached hydrogen (secondary N) is 1. The molecule has 0 heterocycles. The Morgan fingerprint density at radius 3 is 2.71 bits per heavy atom. The topological polar surface area (TPSA) is 82.0 Å². The SMILES string of the molecule is CCOc1cc(CNC2CC(N(CC)CC(=O)O)C2)cc(Cl)c1O. The highest BCUT2D eigenvalue weighted by molar-refractivity contribution is 6.32. The molecular formula is C17H25ClN2O4. The van der Waals surface area contributed by atoms with E-state index in [1.54, 1.807) is 12.1 Å². The first-order valence-corrected chi connectivity index (χ1v) is 8.65. The molecule has 0 amide bonds. The first-order chi connectivity index (χ1) is 11.4. The van der Waals surface area contributed by atoms with Gasteiger partial charge < -0.3 is 20.3 Å². The minimum Gasteiger partial charge on any atom is -0.503 e. The van der Waals surface area contributed by atoms with E-state index in [9.17, 15) is 9.90 Å². The zero-order chi connectivity index (χ0) is 17.7. The van der Waals surface area contributed by atoms with Crippen molar-refractivity contribution in [2.45, 2.75) is 45.3 Å². The summed E-state index contributed by atoms with van der Waals surface area (Å²) in [6.45, 7) is 5.76. The number of rotatable bonds is 9. The van der Waals surface area contributed by atoms with Crippen LogP contribution >= 0.6 is 11.6 Å². The van der Waals surface area contributed by atoms with E-state index in [-0.39, 0.29) is 17.3 Å². The summed E-state index contributed by atoms with van der Waals surface area (Å²) in [6.07, 6.45) is 1.87. The van der Waals surface area contributed by atoms with Crippen LogP contribution in [-0.4, -0.2) is 52.9 Å². The van der Waals surface area contributed by atoms with Crippen molar-refractivity contribution >= 4 is 17.6 Å². The lowest BCUT2D eigenvalue weighted by molar-refractivity contribution is -0.139. The molecule has 0 atom stereocenters. The standard InChI is InChI=1S/C17H25ClN2O4/c1-3-20(10-16(21)22)13-7-12(8-13)19-9-11-5-14(18)17(23)15(6-11)24-4-2/h5-6,12-13,19,23H,3-4,7-10H2,1-2H3,(H,21,22). The summed E-state index contributed by atoms with van der Waals surface area (Å²) < 4.78 is 5.38. The van der Waals surface area contributed by atoms with E-state index in [2.05, 4.69) is 5.32 Å². The monoisotopic (exact) mass is 356 g/mol. The van der Waals surface area contributed by atoms with Gasteiger partial charge in [0.2, 0.25) is 0 Å². The summed E-state index contributed by atoms with van der Waals surface area (Å²) in [6, 6.07) is 4.20. The first kappa shape index (κ1) is 18.8. The molecule has 0 spiro atoms. The van der Waals surface area contributed by atoms with Crippen LogP contribution in [0.2, 0.25) is 5.02 Å². The van der Waals surface area contributed by atoms with E-state index >= 15 is 0 Å². The number of aliphatic carboxylic acids is 1. The maximum Gasteiger partial charge on any atom is 0.317 e. The number of carboxylic acids is 1. The van der Waals surface area contributed by atoms with E-state index in [0.29, 0.717) is 31.0 Å². The molecule has 1 aromatic carbocycles. The van der Waals surface area contributed by atoms with Gasteiger partial charge in [-0.3, -0.25) is 9.69 Å². The number of likely N-dealkylation sites (N-methyl/N-ethyl adjacent to an activating group) is 1. The number of halogens is 1. The predicted molar refractivity (Wildman–Crippen MR) is 92.8 cm³/mol. The summed E-state index contributed by atoms with van der Waals surface area (Å²) in [5.74, 6) is -0.416. The number of carbonyl (C=O) groups is 1. The van der Waals surface area contributed by atoms with Crippen LogP contribution in [0.15, 0.2) is 12.1 Å². The molecule has 0 saturated heterocycles. The fourth-order valence-electron chi connectivity index (χ4n) is 2.98. The van der Waals surface area contributed by atoms with E-state index in [0.717, 1.165) is 24.9 Å². The lowest BCUT2D eigenvalue weighted by Gasteiger charge is -2.42. The average Bonchev–Trinajstić information content (AvgIpc) is 2.49. The van der Waals surface area contributed by atoms with Crippen LogP contribution in [0.3, 0.4) is 0 Å². The minimum atomic E-state index is -0.782. The maximum atomic E-state index is 10.8. The number of carboxylic acid groups (broad SMARTS) is 1. The van der Waals surface area contributed by atoms with E-state index in [1.165, 1.54) is 0 Å². The normalized spacial score (nSPS) is 20.0. The van der Waals surface area contributed by atoms with Gasteiger partial charge in [0.05, 0.1) is 18.2 Å². The number of aromatic hydroxyl groups is 1. The summed E-state index contributed by atoms with van der Waals surface area (Å²) in [7, 11) is 0. The number of hydrogen-bond acceptors (Lipinski definition) is 5. The van der Waals surface area contributed by atoms with Gasteiger partial charge in [-0.1, -0.05) is 18.5 Å². The second kappa shape index (κ2) is 8.55. The number of phenolic OH excluding ortho intramolecular Hbond substituents is 1. The molecule has 1 aliphatic carbocycles. The summed E-state index contributed by atoms with van der Waals surface area (Å²) in [4.78, 5) is 12.8. The molecule has 0 bridgehead atoms. The van der Waals surface area contributed by atoms with Crippen LogP contribution in [0, 0.1) is 0 Å². The zero-order valence-electron chi connectivity index (χ0n) is 14.1. The van der Waals surface area contributed by atoms with E-state index in [1.807, 2.05) is 18.7 Å². The Labute approximate surface area is 147 Å². The molecule has 2 rings (SSSR count). The van der Waals surface area contributed by atoms with Crippen molar-refractivity contribution in [1.82, 2.24) is 10.2 Å². The number of phenols is 1. The van der Waals surface area contributed by atoms with Gasteiger partial charge in [0, 0.05) is 18.6 Å². The van der Waals surface area contributed by atoms with Crippen molar-refractivity contribution in [3.8, 4) is 11.5 Å². The predicted octanol–water partition coefficient (Wildman–Crippen LogP) is 2.47. The minimum absolute atomic E-state index is 0.0294. The molecule has 0 aliphatic heterocycles. The molecule has 3 N–H and O–H groups in total. The van der Waals surface area contributed by atoms with Gasteiger partial charge in [0.25, 0.3) is 0 Å². The van der Waals surface area contributed by atoms with Crippen LogP contribution in [0.1, 0.15) is 32.3 Å².